The minimum atomic E-state index is -0.473. The molecular weight excluding hydrogens is 244 g/mol. The average Bonchev–Trinajstić information content (AvgIpc) is 2.44. The molecule has 108 valence electrons. The van der Waals surface area contributed by atoms with Crippen LogP contribution in [-0.4, -0.2) is 55.6 Å². The summed E-state index contributed by atoms with van der Waals surface area (Å²) >= 11 is 0. The van der Waals surface area contributed by atoms with Crippen LogP contribution in [0.2, 0.25) is 0 Å². The summed E-state index contributed by atoms with van der Waals surface area (Å²) < 4.78 is 0. The molecule has 0 aliphatic carbocycles. The molecule has 19 heavy (non-hydrogen) atoms. The van der Waals surface area contributed by atoms with Gasteiger partial charge in [-0.1, -0.05) is 6.08 Å². The van der Waals surface area contributed by atoms with Crippen LogP contribution in [0, 0.1) is 0 Å². The predicted molar refractivity (Wildman–Crippen MR) is 74.9 cm³/mol. The Labute approximate surface area is 114 Å². The fraction of sp³-hybridized carbons (Fsp3) is 0.692. The van der Waals surface area contributed by atoms with Crippen molar-refractivity contribution in [1.82, 2.24) is 20.9 Å². The van der Waals surface area contributed by atoms with Crippen LogP contribution in [0.15, 0.2) is 12.7 Å². The second kappa shape index (κ2) is 7.91. The molecule has 6 nitrogen and oxygen atoms in total. The van der Waals surface area contributed by atoms with Gasteiger partial charge in [-0.25, -0.2) is 4.79 Å². The van der Waals surface area contributed by atoms with E-state index in [0.29, 0.717) is 12.6 Å². The Morgan fingerprint density at radius 2 is 2.26 bits per heavy atom. The van der Waals surface area contributed by atoms with E-state index in [1.165, 1.54) is 0 Å². The summed E-state index contributed by atoms with van der Waals surface area (Å²) in [5.74, 6) is -0.265. The lowest BCUT2D eigenvalue weighted by Gasteiger charge is -2.35. The number of nitrogens with one attached hydrogen (secondary N) is 3. The second-order valence-electron chi connectivity index (χ2n) is 4.79. The molecule has 6 heteroatoms. The van der Waals surface area contributed by atoms with Crippen LogP contribution in [0.5, 0.6) is 0 Å². The van der Waals surface area contributed by atoms with Gasteiger partial charge in [0.05, 0.1) is 6.04 Å². The van der Waals surface area contributed by atoms with Gasteiger partial charge in [-0.2, -0.15) is 0 Å². The summed E-state index contributed by atoms with van der Waals surface area (Å²) in [6.07, 6.45) is 3.75. The first-order chi connectivity index (χ1) is 9.08. The lowest BCUT2D eigenvalue weighted by atomic mass is 10.0. The number of hydrogen-bond acceptors (Lipinski definition) is 4. The summed E-state index contributed by atoms with van der Waals surface area (Å²) in [5.41, 5.74) is 0. The van der Waals surface area contributed by atoms with Crippen molar-refractivity contribution in [2.45, 2.75) is 31.8 Å². The predicted octanol–water partition coefficient (Wildman–Crippen LogP) is 0.0705. The molecule has 2 unspecified atom stereocenters. The lowest BCUT2D eigenvalue weighted by Crippen LogP contribution is -2.54. The normalized spacial score (nSPS) is 21.5. The Kier molecular flexibility index (Phi) is 6.52. The molecule has 1 rings (SSSR count). The van der Waals surface area contributed by atoms with E-state index in [-0.39, 0.29) is 11.9 Å². The van der Waals surface area contributed by atoms with Crippen molar-refractivity contribution >= 4 is 11.9 Å². The molecule has 3 N–H and O–H groups in total. The van der Waals surface area contributed by atoms with E-state index in [1.54, 1.807) is 6.08 Å². The average molecular weight is 268 g/mol. The van der Waals surface area contributed by atoms with Crippen LogP contribution in [0.25, 0.3) is 0 Å². The molecule has 0 bridgehead atoms. The highest BCUT2D eigenvalue weighted by atomic mass is 16.2. The number of likely N-dealkylation sites (N-methyl/N-ethyl adjacent to an activating group) is 1. The standard InChI is InChI=1S/C13H24N4O2/c1-4-7-15-13(19)16-12(18)10(2)17-8-5-6-11(9-17)14-3/h4,10-11,14H,1,5-9H2,2-3H3,(H2,15,16,18,19). The number of rotatable bonds is 5. The Morgan fingerprint density at radius 3 is 2.89 bits per heavy atom. The molecule has 1 saturated heterocycles. The zero-order valence-corrected chi connectivity index (χ0v) is 11.7. The number of imide groups is 1. The van der Waals surface area contributed by atoms with Gasteiger partial charge < -0.3 is 10.6 Å². The van der Waals surface area contributed by atoms with Crippen LogP contribution in [-0.2, 0) is 4.79 Å². The highest BCUT2D eigenvalue weighted by Gasteiger charge is 2.27. The van der Waals surface area contributed by atoms with Gasteiger partial charge in [-0.15, -0.1) is 6.58 Å². The molecule has 0 spiro atoms. The molecule has 0 aromatic rings. The molecule has 0 aromatic heterocycles. The zero-order valence-electron chi connectivity index (χ0n) is 11.7. The molecule has 0 saturated carbocycles. The molecular formula is C13H24N4O2. The maximum atomic E-state index is 12.0. The fourth-order valence-electron chi connectivity index (χ4n) is 2.19. The van der Waals surface area contributed by atoms with E-state index in [4.69, 9.17) is 0 Å². The van der Waals surface area contributed by atoms with Gasteiger partial charge in [0, 0.05) is 19.1 Å². The first-order valence-electron chi connectivity index (χ1n) is 6.69. The number of carbonyl (C=O) groups excluding carboxylic acids is 2. The Balaban J connectivity index is 2.42. The van der Waals surface area contributed by atoms with E-state index < -0.39 is 6.03 Å². The minimum Gasteiger partial charge on any atom is -0.334 e. The summed E-state index contributed by atoms with van der Waals surface area (Å²) in [5, 5.41) is 8.10. The van der Waals surface area contributed by atoms with Gasteiger partial charge in [0.15, 0.2) is 0 Å². The molecule has 1 heterocycles. The smallest absolute Gasteiger partial charge is 0.321 e. The van der Waals surface area contributed by atoms with Crippen LogP contribution in [0.4, 0.5) is 4.79 Å². The van der Waals surface area contributed by atoms with Crippen molar-refractivity contribution < 1.29 is 9.59 Å². The van der Waals surface area contributed by atoms with Crippen molar-refractivity contribution in [2.75, 3.05) is 26.7 Å². The van der Waals surface area contributed by atoms with Gasteiger partial charge in [0.25, 0.3) is 0 Å². The first-order valence-corrected chi connectivity index (χ1v) is 6.69. The number of carbonyl (C=O) groups is 2. The van der Waals surface area contributed by atoms with Crippen LogP contribution in [0.1, 0.15) is 19.8 Å². The lowest BCUT2D eigenvalue weighted by molar-refractivity contribution is -0.125. The van der Waals surface area contributed by atoms with Gasteiger partial charge in [-0.05, 0) is 33.4 Å². The third-order valence-corrected chi connectivity index (χ3v) is 3.43. The molecule has 3 amide bonds. The van der Waals surface area contributed by atoms with Crippen LogP contribution >= 0.6 is 0 Å². The van der Waals surface area contributed by atoms with E-state index in [9.17, 15) is 9.59 Å². The number of piperidine rings is 1. The summed E-state index contributed by atoms with van der Waals surface area (Å²) in [6.45, 7) is 7.39. The molecule has 1 aliphatic heterocycles. The van der Waals surface area contributed by atoms with Gasteiger partial charge in [0.1, 0.15) is 0 Å². The minimum absolute atomic E-state index is 0.265. The number of amides is 3. The third kappa shape index (κ3) is 5.00. The Bertz CT molecular complexity index is 333. The Morgan fingerprint density at radius 1 is 1.53 bits per heavy atom. The van der Waals surface area contributed by atoms with Crippen molar-refractivity contribution in [3.63, 3.8) is 0 Å². The zero-order chi connectivity index (χ0) is 14.3. The van der Waals surface area contributed by atoms with Gasteiger partial charge in [-0.3, -0.25) is 15.0 Å². The molecule has 0 radical (unpaired) electrons. The van der Waals surface area contributed by atoms with E-state index in [2.05, 4.69) is 27.4 Å². The highest BCUT2D eigenvalue weighted by molar-refractivity contribution is 5.96. The number of nitrogens with zero attached hydrogens (tertiary/aromatic N) is 1. The maximum absolute atomic E-state index is 12.0. The highest BCUT2D eigenvalue weighted by Crippen LogP contribution is 2.12. The number of likely N-dealkylation sites (tertiary alicyclic amines) is 1. The SMILES string of the molecule is C=CCNC(=O)NC(=O)C(C)N1CCCC(NC)C1. The van der Waals surface area contributed by atoms with E-state index >= 15 is 0 Å². The van der Waals surface area contributed by atoms with Gasteiger partial charge >= 0.3 is 6.03 Å². The maximum Gasteiger partial charge on any atom is 0.321 e. The monoisotopic (exact) mass is 268 g/mol. The number of urea groups is 1. The summed E-state index contributed by atoms with van der Waals surface area (Å²) in [7, 11) is 1.93. The number of hydrogen-bond donors (Lipinski definition) is 3. The molecule has 0 aromatic carbocycles. The van der Waals surface area contributed by atoms with Crippen molar-refractivity contribution in [1.29, 1.82) is 0 Å². The van der Waals surface area contributed by atoms with Gasteiger partial charge in [0.2, 0.25) is 5.91 Å². The van der Waals surface area contributed by atoms with Crippen molar-refractivity contribution in [3.8, 4) is 0 Å². The fourth-order valence-corrected chi connectivity index (χ4v) is 2.19. The van der Waals surface area contributed by atoms with E-state index in [0.717, 1.165) is 25.9 Å². The first kappa shape index (κ1) is 15.7. The quantitative estimate of drug-likeness (QED) is 0.617. The second-order valence-corrected chi connectivity index (χ2v) is 4.79. The van der Waals surface area contributed by atoms with Crippen molar-refractivity contribution in [2.24, 2.45) is 0 Å². The Hall–Kier alpha value is -1.40. The van der Waals surface area contributed by atoms with E-state index in [1.807, 2.05) is 14.0 Å². The topological polar surface area (TPSA) is 73.5 Å². The van der Waals surface area contributed by atoms with Crippen LogP contribution < -0.4 is 16.0 Å². The van der Waals surface area contributed by atoms with Crippen LogP contribution in [0.3, 0.4) is 0 Å². The van der Waals surface area contributed by atoms with Crippen molar-refractivity contribution in [3.05, 3.63) is 12.7 Å². The molecule has 1 fully saturated rings. The largest absolute Gasteiger partial charge is 0.334 e. The molecule has 2 atom stereocenters. The molecule has 1 aliphatic rings. The third-order valence-electron chi connectivity index (χ3n) is 3.43. The summed E-state index contributed by atoms with van der Waals surface area (Å²) in [6, 6.07) is -0.358. The summed E-state index contributed by atoms with van der Waals surface area (Å²) in [4.78, 5) is 25.4.